The van der Waals surface area contributed by atoms with Crippen LogP contribution in [0.4, 0.5) is 11.4 Å². The summed E-state index contributed by atoms with van der Waals surface area (Å²) in [7, 11) is 0. The van der Waals surface area contributed by atoms with E-state index < -0.39 is 0 Å². The van der Waals surface area contributed by atoms with Crippen molar-refractivity contribution in [2.45, 2.75) is 0 Å². The summed E-state index contributed by atoms with van der Waals surface area (Å²) in [5.41, 5.74) is 11.9. The zero-order chi connectivity index (χ0) is 19.9. The van der Waals surface area contributed by atoms with Gasteiger partial charge in [0.15, 0.2) is 0 Å². The van der Waals surface area contributed by atoms with E-state index in [1.165, 1.54) is 24.3 Å². The molecule has 8 heteroatoms. The van der Waals surface area contributed by atoms with Gasteiger partial charge in [0, 0.05) is 23.5 Å². The van der Waals surface area contributed by atoms with Crippen LogP contribution in [0.25, 0.3) is 0 Å². The molecule has 0 fully saturated rings. The van der Waals surface area contributed by atoms with E-state index >= 15 is 0 Å². The number of phenols is 4. The topological polar surface area (TPSA) is 173 Å². The van der Waals surface area contributed by atoms with Gasteiger partial charge in [-0.1, -0.05) is 12.1 Å². The van der Waals surface area contributed by atoms with Crippen LogP contribution in [0.5, 0.6) is 23.0 Å². The Balaban J connectivity index is 0.000000344. The number of rotatable bonds is 0. The van der Waals surface area contributed by atoms with Crippen LogP contribution >= 0.6 is 0 Å². The second kappa shape index (κ2) is 12.8. The summed E-state index contributed by atoms with van der Waals surface area (Å²) in [6.45, 7) is 0. The van der Waals surface area contributed by atoms with Crippen molar-refractivity contribution in [2.24, 2.45) is 0 Å². The molecule has 8 nitrogen and oxygen atoms in total. The Morgan fingerprint density at radius 1 is 0.462 bits per heavy atom. The van der Waals surface area contributed by atoms with Crippen LogP contribution in [0.15, 0.2) is 72.8 Å². The van der Waals surface area contributed by atoms with Crippen molar-refractivity contribution in [1.29, 1.82) is 0 Å². The van der Waals surface area contributed by atoms with E-state index in [0.717, 1.165) is 0 Å². The van der Waals surface area contributed by atoms with Gasteiger partial charge in [0.05, 0.1) is 0 Å². The van der Waals surface area contributed by atoms with E-state index in [1.807, 2.05) is 0 Å². The van der Waals surface area contributed by atoms with E-state index in [-0.39, 0.29) is 23.0 Å². The van der Waals surface area contributed by atoms with Gasteiger partial charge in [0.2, 0.25) is 0 Å². The molecule has 0 saturated heterocycles. The zero-order valence-electron chi connectivity index (χ0n) is 13.8. The monoisotopic (exact) mass is 362 g/mol. The molecule has 0 atom stereocenters. The predicted molar refractivity (Wildman–Crippen MR) is 100 cm³/mol. The molecule has 0 aliphatic heterocycles. The number of benzene rings is 3. The molecule has 0 saturated carbocycles. The first kappa shape index (κ1) is 22.4. The van der Waals surface area contributed by atoms with Crippen LogP contribution in [-0.2, 0) is 0 Å². The highest BCUT2D eigenvalue weighted by Crippen LogP contribution is 2.15. The lowest BCUT2D eigenvalue weighted by molar-refractivity contribution is -0.176. The minimum atomic E-state index is 0.0880. The Bertz CT molecular complexity index is 652. The van der Waals surface area contributed by atoms with Crippen molar-refractivity contribution < 1.29 is 30.9 Å². The van der Waals surface area contributed by atoms with Gasteiger partial charge in [0.1, 0.15) is 23.0 Å². The molecule has 3 aromatic rings. The molecule has 3 aromatic carbocycles. The van der Waals surface area contributed by atoms with Crippen LogP contribution < -0.4 is 11.5 Å². The van der Waals surface area contributed by atoms with Crippen molar-refractivity contribution in [2.75, 3.05) is 11.5 Å². The van der Waals surface area contributed by atoms with Gasteiger partial charge < -0.3 is 31.9 Å². The molecule has 0 spiro atoms. The third kappa shape index (κ3) is 11.0. The Morgan fingerprint density at radius 2 is 0.885 bits per heavy atom. The molecule has 0 aromatic heterocycles. The molecular formula is C18H22N2O6. The number of hydrogen-bond donors (Lipinski definition) is 8. The van der Waals surface area contributed by atoms with Crippen molar-refractivity contribution >= 4 is 11.4 Å². The van der Waals surface area contributed by atoms with Crippen molar-refractivity contribution in [3.05, 3.63) is 72.8 Å². The lowest BCUT2D eigenvalue weighted by Crippen LogP contribution is -1.80. The first-order valence-corrected chi connectivity index (χ1v) is 7.14. The molecule has 0 radical (unpaired) electrons. The predicted octanol–water partition coefficient (Wildman–Crippen LogP) is 3.06. The van der Waals surface area contributed by atoms with Gasteiger partial charge >= 0.3 is 0 Å². The summed E-state index contributed by atoms with van der Waals surface area (Å²) in [6.07, 6.45) is 0. The summed E-state index contributed by atoms with van der Waals surface area (Å²) >= 11 is 0. The maximum atomic E-state index is 8.73. The lowest BCUT2D eigenvalue weighted by Gasteiger charge is -1.90. The Hall–Kier alpha value is -3.62. The zero-order valence-corrected chi connectivity index (χ0v) is 13.8. The molecule has 26 heavy (non-hydrogen) atoms. The fourth-order valence-corrected chi connectivity index (χ4v) is 1.49. The normalized spacial score (nSPS) is 8.54. The SMILES string of the molecule is Nc1ccc(O)cc1.Nc1cccc(O)c1.OO.Oc1cccc(O)c1. The Labute approximate surface area is 150 Å². The average Bonchev–Trinajstić information content (AvgIpc) is 2.60. The number of aromatic hydroxyl groups is 4. The molecule has 0 aliphatic rings. The van der Waals surface area contributed by atoms with E-state index in [1.54, 1.807) is 48.5 Å². The summed E-state index contributed by atoms with van der Waals surface area (Å²) < 4.78 is 0. The minimum Gasteiger partial charge on any atom is -0.508 e. The average molecular weight is 362 g/mol. The van der Waals surface area contributed by atoms with E-state index in [4.69, 9.17) is 42.4 Å². The minimum absolute atomic E-state index is 0.0880. The maximum Gasteiger partial charge on any atom is 0.119 e. The standard InChI is InChI=1S/2C6H7NO.C6H6O2.H2O2/c7-5-1-3-6(8)4-2-5;2*7-5-2-1-3-6(8)4-5;1-2/h2*1-4,8H,7H2;1-4,7-8H;1-2H. The summed E-state index contributed by atoms with van der Waals surface area (Å²) in [6, 6.07) is 18.8. The molecule has 3 rings (SSSR count). The molecule has 140 valence electrons. The molecular weight excluding hydrogens is 340 g/mol. The second-order valence-electron chi connectivity index (χ2n) is 4.71. The number of nitrogens with two attached hydrogens (primary N) is 2. The van der Waals surface area contributed by atoms with Crippen molar-refractivity contribution in [3.63, 3.8) is 0 Å². The van der Waals surface area contributed by atoms with E-state index in [2.05, 4.69) is 0 Å². The van der Waals surface area contributed by atoms with Gasteiger partial charge in [-0.3, -0.25) is 10.5 Å². The summed E-state index contributed by atoms with van der Waals surface area (Å²) in [4.78, 5) is 0. The van der Waals surface area contributed by atoms with Gasteiger partial charge in [-0.25, -0.2) is 0 Å². The van der Waals surface area contributed by atoms with Gasteiger partial charge in [0.25, 0.3) is 0 Å². The highest BCUT2D eigenvalue weighted by Gasteiger charge is 1.86. The molecule has 0 amide bonds. The quantitative estimate of drug-likeness (QED) is 0.130. The highest BCUT2D eigenvalue weighted by molar-refractivity contribution is 5.42. The van der Waals surface area contributed by atoms with Gasteiger partial charge in [-0.15, -0.1) is 0 Å². The Kier molecular flexibility index (Phi) is 11.0. The summed E-state index contributed by atoms with van der Waals surface area (Å²) in [5.74, 6) is 0.638. The first-order chi connectivity index (χ1) is 12.4. The molecule has 0 bridgehead atoms. The van der Waals surface area contributed by atoms with Crippen molar-refractivity contribution in [3.8, 4) is 23.0 Å². The number of phenolic OH excluding ortho intramolecular Hbond substituents is 4. The third-order valence-electron chi connectivity index (χ3n) is 2.59. The van der Waals surface area contributed by atoms with Crippen LogP contribution in [0.2, 0.25) is 0 Å². The molecule has 0 aliphatic carbocycles. The highest BCUT2D eigenvalue weighted by atomic mass is 17.0. The van der Waals surface area contributed by atoms with Gasteiger partial charge in [-0.05, 0) is 48.5 Å². The maximum absolute atomic E-state index is 8.73. The number of nitrogen functional groups attached to an aromatic ring is 2. The van der Waals surface area contributed by atoms with Crippen LogP contribution in [0.1, 0.15) is 0 Å². The van der Waals surface area contributed by atoms with Crippen LogP contribution in [0.3, 0.4) is 0 Å². The third-order valence-corrected chi connectivity index (χ3v) is 2.59. The van der Waals surface area contributed by atoms with Crippen LogP contribution in [0, 0.1) is 0 Å². The number of anilines is 2. The number of hydrogen-bond acceptors (Lipinski definition) is 8. The molecule has 10 N–H and O–H groups in total. The van der Waals surface area contributed by atoms with Gasteiger partial charge in [-0.2, -0.15) is 0 Å². The van der Waals surface area contributed by atoms with Crippen molar-refractivity contribution in [1.82, 2.24) is 0 Å². The fourth-order valence-electron chi connectivity index (χ4n) is 1.49. The fraction of sp³-hybridized carbons (Fsp3) is 0. The van der Waals surface area contributed by atoms with E-state index in [9.17, 15) is 0 Å². The Morgan fingerprint density at radius 3 is 1.15 bits per heavy atom. The molecule has 0 heterocycles. The van der Waals surface area contributed by atoms with E-state index in [0.29, 0.717) is 11.4 Å². The largest absolute Gasteiger partial charge is 0.508 e. The summed E-state index contributed by atoms with van der Waals surface area (Å²) in [5, 5.41) is 46.7. The van der Waals surface area contributed by atoms with Crippen LogP contribution in [-0.4, -0.2) is 30.9 Å². The lowest BCUT2D eigenvalue weighted by atomic mass is 10.3. The molecule has 0 unspecified atom stereocenters. The smallest absolute Gasteiger partial charge is 0.119 e. The first-order valence-electron chi connectivity index (χ1n) is 7.14. The second-order valence-corrected chi connectivity index (χ2v) is 4.71.